The van der Waals surface area contributed by atoms with Crippen LogP contribution >= 0.6 is 0 Å². The summed E-state index contributed by atoms with van der Waals surface area (Å²) in [6.45, 7) is 2.09. The van der Waals surface area contributed by atoms with E-state index in [0.29, 0.717) is 12.2 Å². The molecule has 0 fully saturated rings. The van der Waals surface area contributed by atoms with Gasteiger partial charge in [0.2, 0.25) is 0 Å². The maximum absolute atomic E-state index is 5.59. The van der Waals surface area contributed by atoms with E-state index in [1.165, 1.54) is 16.7 Å². The van der Waals surface area contributed by atoms with E-state index in [4.69, 9.17) is 24.5 Å². The molecule has 0 amide bonds. The van der Waals surface area contributed by atoms with Gasteiger partial charge >= 0.3 is 0 Å². The van der Waals surface area contributed by atoms with Crippen LogP contribution in [0.25, 0.3) is 5.78 Å². The molecule has 0 bridgehead atoms. The second-order valence-electron chi connectivity index (χ2n) is 8.19. The Hall–Kier alpha value is -3.61. The first kappa shape index (κ1) is 20.3. The molecule has 2 aromatic carbocycles. The van der Waals surface area contributed by atoms with Crippen LogP contribution in [-0.4, -0.2) is 33.8 Å². The number of rotatable bonds is 6. The van der Waals surface area contributed by atoms with Crippen LogP contribution in [0.1, 0.15) is 41.1 Å². The van der Waals surface area contributed by atoms with Crippen LogP contribution in [-0.2, 0) is 19.3 Å². The predicted octanol–water partition coefficient (Wildman–Crippen LogP) is 4.66. The van der Waals surface area contributed by atoms with Gasteiger partial charge in [-0.1, -0.05) is 29.8 Å². The molecule has 5 rings (SSSR count). The molecule has 0 spiro atoms. The number of fused-ring (bicyclic) bond motifs is 2. The van der Waals surface area contributed by atoms with E-state index in [2.05, 4.69) is 36.5 Å². The first-order chi connectivity index (χ1) is 15.6. The van der Waals surface area contributed by atoms with Gasteiger partial charge in [0.05, 0.1) is 25.6 Å². The molecule has 2 heterocycles. The maximum atomic E-state index is 5.59. The van der Waals surface area contributed by atoms with Crippen molar-refractivity contribution in [3.63, 3.8) is 0 Å². The van der Waals surface area contributed by atoms with Gasteiger partial charge in [0.15, 0.2) is 5.82 Å². The van der Waals surface area contributed by atoms with Gasteiger partial charge in [-0.25, -0.2) is 4.98 Å². The highest BCUT2D eigenvalue weighted by Gasteiger charge is 2.22. The van der Waals surface area contributed by atoms with E-state index in [1.54, 1.807) is 14.2 Å². The minimum absolute atomic E-state index is 0.622. The van der Waals surface area contributed by atoms with E-state index in [9.17, 15) is 0 Å². The molecule has 4 aromatic rings. The number of nitrogens with zero attached hydrogens (tertiary/aromatic N) is 4. The summed E-state index contributed by atoms with van der Waals surface area (Å²) in [4.78, 5) is 9.63. The molecule has 164 valence electrons. The summed E-state index contributed by atoms with van der Waals surface area (Å²) in [5, 5.41) is 8.41. The molecule has 0 radical (unpaired) electrons. The Kier molecular flexibility index (Phi) is 5.39. The predicted molar refractivity (Wildman–Crippen MR) is 124 cm³/mol. The second kappa shape index (κ2) is 8.49. The van der Waals surface area contributed by atoms with E-state index in [-0.39, 0.29) is 0 Å². The van der Waals surface area contributed by atoms with Gasteiger partial charge in [0.1, 0.15) is 17.3 Å². The van der Waals surface area contributed by atoms with Gasteiger partial charge < -0.3 is 14.8 Å². The molecule has 0 atom stereocenters. The number of benzene rings is 2. The third-order valence-electron chi connectivity index (χ3n) is 5.95. The standard InChI is InChI=1S/C25H27N5O2/c1-16-8-10-17(11-9-16)14-23-28-25-27-20-7-5-4-6-19(20)24(30(25)29-23)26-21-15-18(31-2)12-13-22(21)32-3/h8-13,15,26H,4-7,14H2,1-3H3. The molecular weight excluding hydrogens is 402 g/mol. The Bertz CT molecular complexity index is 1260. The molecule has 0 saturated carbocycles. The lowest BCUT2D eigenvalue weighted by Crippen LogP contribution is -2.14. The lowest BCUT2D eigenvalue weighted by molar-refractivity contribution is 0.405. The number of nitrogens with one attached hydrogen (secondary N) is 1. The second-order valence-corrected chi connectivity index (χ2v) is 8.19. The zero-order valence-corrected chi connectivity index (χ0v) is 18.7. The molecule has 1 N–H and O–H groups in total. The Morgan fingerprint density at radius 3 is 2.56 bits per heavy atom. The van der Waals surface area contributed by atoms with Gasteiger partial charge in [0.25, 0.3) is 5.78 Å². The van der Waals surface area contributed by atoms with Crippen molar-refractivity contribution in [3.05, 3.63) is 70.7 Å². The third kappa shape index (κ3) is 3.86. The van der Waals surface area contributed by atoms with Crippen molar-refractivity contribution in [2.75, 3.05) is 19.5 Å². The van der Waals surface area contributed by atoms with Crippen LogP contribution in [0.4, 0.5) is 11.5 Å². The summed E-state index contributed by atoms with van der Waals surface area (Å²) >= 11 is 0. The lowest BCUT2D eigenvalue weighted by atomic mass is 9.96. The molecule has 0 saturated heterocycles. The number of aryl methyl sites for hydroxylation is 2. The van der Waals surface area contributed by atoms with Gasteiger partial charge in [-0.15, -0.1) is 5.10 Å². The van der Waals surface area contributed by atoms with Crippen LogP contribution in [0.5, 0.6) is 11.5 Å². The third-order valence-corrected chi connectivity index (χ3v) is 5.95. The van der Waals surface area contributed by atoms with Crippen molar-refractivity contribution in [2.45, 2.75) is 39.0 Å². The van der Waals surface area contributed by atoms with E-state index < -0.39 is 0 Å². The number of methoxy groups -OCH3 is 2. The SMILES string of the molecule is COc1ccc(OC)c(Nc2c3c(nc4nc(Cc5ccc(C)cc5)nn24)CCCC3)c1. The minimum Gasteiger partial charge on any atom is -0.497 e. The average Bonchev–Trinajstić information content (AvgIpc) is 3.22. The summed E-state index contributed by atoms with van der Waals surface area (Å²) in [6.07, 6.45) is 4.85. The fourth-order valence-corrected chi connectivity index (χ4v) is 4.22. The van der Waals surface area contributed by atoms with E-state index >= 15 is 0 Å². The van der Waals surface area contributed by atoms with Crippen molar-refractivity contribution in [1.82, 2.24) is 19.6 Å². The summed E-state index contributed by atoms with van der Waals surface area (Å²) in [5.41, 5.74) is 5.54. The van der Waals surface area contributed by atoms with Crippen LogP contribution < -0.4 is 14.8 Å². The molecule has 32 heavy (non-hydrogen) atoms. The molecule has 0 unspecified atom stereocenters. The monoisotopic (exact) mass is 429 g/mol. The number of aromatic nitrogens is 4. The smallest absolute Gasteiger partial charge is 0.254 e. The fraction of sp³-hybridized carbons (Fsp3) is 0.320. The normalized spacial score (nSPS) is 13.1. The number of hydrogen-bond acceptors (Lipinski definition) is 6. The Balaban J connectivity index is 1.60. The van der Waals surface area contributed by atoms with Crippen molar-refractivity contribution in [1.29, 1.82) is 0 Å². The first-order valence-electron chi connectivity index (χ1n) is 11.0. The number of hydrogen-bond donors (Lipinski definition) is 1. The molecule has 1 aliphatic carbocycles. The largest absolute Gasteiger partial charge is 0.497 e. The molecular formula is C25H27N5O2. The maximum Gasteiger partial charge on any atom is 0.254 e. The van der Waals surface area contributed by atoms with Crippen molar-refractivity contribution < 1.29 is 9.47 Å². The van der Waals surface area contributed by atoms with E-state index in [1.807, 2.05) is 22.7 Å². The Morgan fingerprint density at radius 1 is 0.969 bits per heavy atom. The quantitative estimate of drug-likeness (QED) is 0.480. The van der Waals surface area contributed by atoms with Crippen molar-refractivity contribution in [3.8, 4) is 11.5 Å². The van der Waals surface area contributed by atoms with Gasteiger partial charge in [-0.05, 0) is 50.3 Å². The van der Waals surface area contributed by atoms with Crippen LogP contribution in [0.15, 0.2) is 42.5 Å². The summed E-state index contributed by atoms with van der Waals surface area (Å²) in [6, 6.07) is 14.2. The highest BCUT2D eigenvalue weighted by molar-refractivity contribution is 5.70. The minimum atomic E-state index is 0.622. The topological polar surface area (TPSA) is 73.6 Å². The molecule has 0 aliphatic heterocycles. The van der Waals surface area contributed by atoms with Crippen LogP contribution in [0.2, 0.25) is 0 Å². The Morgan fingerprint density at radius 2 is 1.78 bits per heavy atom. The number of ether oxygens (including phenoxy) is 2. The fourth-order valence-electron chi connectivity index (χ4n) is 4.22. The summed E-state index contributed by atoms with van der Waals surface area (Å²) in [5.74, 6) is 3.77. The zero-order chi connectivity index (χ0) is 22.1. The highest BCUT2D eigenvalue weighted by Crippen LogP contribution is 2.35. The van der Waals surface area contributed by atoms with Gasteiger partial charge in [0, 0.05) is 18.1 Å². The van der Waals surface area contributed by atoms with Crippen molar-refractivity contribution in [2.24, 2.45) is 0 Å². The first-order valence-corrected chi connectivity index (χ1v) is 11.0. The van der Waals surface area contributed by atoms with Gasteiger partial charge in [-0.2, -0.15) is 9.50 Å². The Labute approximate surface area is 187 Å². The summed E-state index contributed by atoms with van der Waals surface area (Å²) < 4.78 is 12.9. The summed E-state index contributed by atoms with van der Waals surface area (Å²) in [7, 11) is 3.33. The van der Waals surface area contributed by atoms with E-state index in [0.717, 1.165) is 60.2 Å². The van der Waals surface area contributed by atoms with Crippen molar-refractivity contribution >= 4 is 17.3 Å². The molecule has 7 heteroatoms. The highest BCUT2D eigenvalue weighted by atomic mass is 16.5. The lowest BCUT2D eigenvalue weighted by Gasteiger charge is -2.21. The number of anilines is 2. The zero-order valence-electron chi connectivity index (χ0n) is 18.7. The molecule has 2 aromatic heterocycles. The van der Waals surface area contributed by atoms with Gasteiger partial charge in [-0.3, -0.25) is 0 Å². The van der Waals surface area contributed by atoms with Crippen LogP contribution in [0, 0.1) is 6.92 Å². The molecule has 1 aliphatic rings. The average molecular weight is 430 g/mol. The van der Waals surface area contributed by atoms with Crippen LogP contribution in [0.3, 0.4) is 0 Å². The molecule has 7 nitrogen and oxygen atoms in total.